The monoisotopic (exact) mass is 606 g/mol. The lowest BCUT2D eigenvalue weighted by Crippen LogP contribution is -2.30. The summed E-state index contributed by atoms with van der Waals surface area (Å²) in [7, 11) is -4.16. The first-order chi connectivity index (χ1) is 20.3. The molecule has 1 aliphatic rings. The van der Waals surface area contributed by atoms with Crippen LogP contribution in [0.4, 0.5) is 5.69 Å². The van der Waals surface area contributed by atoms with Crippen LogP contribution in [0.3, 0.4) is 0 Å². The molecule has 12 nitrogen and oxygen atoms in total. The molecular weight excluding hydrogens is 576 g/mol. The van der Waals surface area contributed by atoms with E-state index in [9.17, 15) is 23.1 Å². The van der Waals surface area contributed by atoms with Crippen LogP contribution in [-0.4, -0.2) is 48.0 Å². The van der Waals surface area contributed by atoms with Crippen molar-refractivity contribution in [1.29, 1.82) is 0 Å². The molecule has 3 N–H and O–H groups in total. The highest BCUT2D eigenvalue weighted by atomic mass is 32.2. The van der Waals surface area contributed by atoms with E-state index in [2.05, 4.69) is 15.1 Å². The van der Waals surface area contributed by atoms with Crippen LogP contribution in [0, 0.1) is 20.8 Å². The van der Waals surface area contributed by atoms with Crippen LogP contribution in [0.5, 0.6) is 23.1 Å². The molecular formula is C30H30N4O8S. The van der Waals surface area contributed by atoms with Crippen molar-refractivity contribution in [3.05, 3.63) is 82.5 Å². The number of hydrogen-bond acceptors (Lipinski definition) is 8. The number of carboxylic acids is 1. The van der Waals surface area contributed by atoms with Gasteiger partial charge in [-0.2, -0.15) is 9.78 Å². The van der Waals surface area contributed by atoms with Crippen LogP contribution in [0.1, 0.15) is 51.4 Å². The third-order valence-corrected chi connectivity index (χ3v) is 8.27. The van der Waals surface area contributed by atoms with Crippen LogP contribution < -0.4 is 24.2 Å². The van der Waals surface area contributed by atoms with E-state index in [0.717, 1.165) is 11.1 Å². The number of nitrogens with zero attached hydrogens (tertiary/aromatic N) is 2. The minimum Gasteiger partial charge on any atom is -0.476 e. The van der Waals surface area contributed by atoms with Gasteiger partial charge in [0.15, 0.2) is 17.2 Å². The molecule has 0 radical (unpaired) electrons. The van der Waals surface area contributed by atoms with Crippen molar-refractivity contribution in [2.75, 3.05) is 12.1 Å². The summed E-state index contributed by atoms with van der Waals surface area (Å²) in [5.74, 6) is -0.876. The number of ether oxygens (including phenoxy) is 3. The summed E-state index contributed by atoms with van der Waals surface area (Å²) >= 11 is 0. The number of nitrogens with one attached hydrogen (secondary N) is 2. The molecule has 4 aromatic rings. The zero-order valence-electron chi connectivity index (χ0n) is 24.1. The van der Waals surface area contributed by atoms with Gasteiger partial charge in [0, 0.05) is 22.9 Å². The Labute approximate surface area is 248 Å². The number of aromatic carboxylic acids is 1. The van der Waals surface area contributed by atoms with Gasteiger partial charge in [0.05, 0.1) is 5.69 Å². The lowest BCUT2D eigenvalue weighted by molar-refractivity contribution is 0.0689. The number of rotatable bonds is 9. The van der Waals surface area contributed by atoms with Crippen LogP contribution in [0.25, 0.3) is 5.69 Å². The van der Waals surface area contributed by atoms with E-state index in [0.29, 0.717) is 17.2 Å². The van der Waals surface area contributed by atoms with E-state index in [4.69, 9.17) is 14.2 Å². The van der Waals surface area contributed by atoms with Gasteiger partial charge in [-0.1, -0.05) is 12.1 Å². The molecule has 1 amide bonds. The Balaban J connectivity index is 1.57. The first-order valence-electron chi connectivity index (χ1n) is 13.3. The molecule has 13 heteroatoms. The van der Waals surface area contributed by atoms with Gasteiger partial charge in [0.2, 0.25) is 22.7 Å². The summed E-state index contributed by atoms with van der Waals surface area (Å²) in [5, 5.41) is 16.8. The highest BCUT2D eigenvalue weighted by Gasteiger charge is 2.27. The van der Waals surface area contributed by atoms with Gasteiger partial charge in [-0.3, -0.25) is 4.79 Å². The second-order valence-corrected chi connectivity index (χ2v) is 12.0. The second kappa shape index (κ2) is 11.4. The average Bonchev–Trinajstić information content (AvgIpc) is 3.54. The van der Waals surface area contributed by atoms with Crippen molar-refractivity contribution >= 4 is 27.6 Å². The molecule has 224 valence electrons. The van der Waals surface area contributed by atoms with Gasteiger partial charge in [-0.05, 0) is 88.2 Å². The minimum atomic E-state index is -4.16. The number of aromatic nitrogens is 2. The Hall–Kier alpha value is -4.88. The fraction of sp³-hybridized carbons (Fsp3) is 0.233. The third-order valence-electron chi connectivity index (χ3n) is 6.59. The number of benzene rings is 3. The van der Waals surface area contributed by atoms with Gasteiger partial charge >= 0.3 is 5.97 Å². The molecule has 3 aromatic carbocycles. The van der Waals surface area contributed by atoms with Crippen LogP contribution in [0.15, 0.2) is 59.5 Å². The highest BCUT2D eigenvalue weighted by molar-refractivity contribution is 7.89. The molecule has 0 aliphatic carbocycles. The number of amides is 1. The number of aryl methyl sites for hydroxylation is 2. The summed E-state index contributed by atoms with van der Waals surface area (Å²) < 4.78 is 47.7. The smallest absolute Gasteiger partial charge is 0.356 e. The van der Waals surface area contributed by atoms with Gasteiger partial charge in [0.1, 0.15) is 10.6 Å². The molecule has 0 saturated heterocycles. The van der Waals surface area contributed by atoms with E-state index in [-0.39, 0.29) is 45.8 Å². The molecule has 0 fully saturated rings. The van der Waals surface area contributed by atoms with Gasteiger partial charge < -0.3 is 24.6 Å². The van der Waals surface area contributed by atoms with Gasteiger partial charge in [-0.25, -0.2) is 17.9 Å². The van der Waals surface area contributed by atoms with Gasteiger partial charge in [0.25, 0.3) is 5.91 Å². The summed E-state index contributed by atoms with van der Waals surface area (Å²) in [5.41, 5.74) is 2.70. The molecule has 1 aromatic heterocycles. The van der Waals surface area contributed by atoms with Crippen molar-refractivity contribution in [3.63, 3.8) is 0 Å². The Morgan fingerprint density at radius 2 is 1.74 bits per heavy atom. The fourth-order valence-electron chi connectivity index (χ4n) is 4.51. The van der Waals surface area contributed by atoms with Gasteiger partial charge in [-0.15, -0.1) is 0 Å². The topological polar surface area (TPSA) is 158 Å². The predicted octanol–water partition coefficient (Wildman–Crippen LogP) is 4.96. The number of sulfonamides is 1. The normalized spacial score (nSPS) is 12.4. The molecule has 0 atom stereocenters. The second-order valence-electron chi connectivity index (χ2n) is 10.3. The first kappa shape index (κ1) is 29.6. The highest BCUT2D eigenvalue weighted by Crippen LogP contribution is 2.37. The zero-order chi connectivity index (χ0) is 31.1. The zero-order valence-corrected chi connectivity index (χ0v) is 24.9. The number of carboxylic acid groups (broad SMARTS) is 1. The maximum absolute atomic E-state index is 13.5. The lowest BCUT2D eigenvalue weighted by atomic mass is 10.1. The molecule has 0 spiro atoms. The fourth-order valence-corrected chi connectivity index (χ4v) is 5.92. The van der Waals surface area contributed by atoms with E-state index < -0.39 is 27.9 Å². The van der Waals surface area contributed by atoms with Crippen molar-refractivity contribution in [3.8, 4) is 28.8 Å². The maximum atomic E-state index is 13.5. The number of hydrogen-bond donors (Lipinski definition) is 3. The lowest BCUT2D eigenvalue weighted by Gasteiger charge is -2.17. The molecule has 0 saturated carbocycles. The van der Waals surface area contributed by atoms with Crippen molar-refractivity contribution in [1.82, 2.24) is 14.5 Å². The summed E-state index contributed by atoms with van der Waals surface area (Å²) in [6, 6.07) is 14.0. The summed E-state index contributed by atoms with van der Waals surface area (Å²) in [4.78, 5) is 24.8. The van der Waals surface area contributed by atoms with Crippen molar-refractivity contribution < 1.29 is 37.3 Å². The standard InChI is InChI=1S/C30H30N4O8S/c1-16(2)33-43(38,39)26-14-21(31-28(35)20-8-10-23-25(13-20)41-15-40-23)9-11-24(26)42-29-19(5)27(30(36)37)32-34(29)22-12-17(3)6-7-18(22)4/h6-14,16,33H,15H2,1-5H3,(H,31,35)(H,36,37). The summed E-state index contributed by atoms with van der Waals surface area (Å²) in [6.45, 7) is 8.66. The van der Waals surface area contributed by atoms with E-state index >= 15 is 0 Å². The van der Waals surface area contributed by atoms with Crippen LogP contribution in [-0.2, 0) is 10.0 Å². The Morgan fingerprint density at radius 3 is 2.47 bits per heavy atom. The van der Waals surface area contributed by atoms with Crippen molar-refractivity contribution in [2.24, 2.45) is 0 Å². The average molecular weight is 607 g/mol. The molecule has 5 rings (SSSR count). The predicted molar refractivity (Wildman–Crippen MR) is 157 cm³/mol. The largest absolute Gasteiger partial charge is 0.476 e. The number of carbonyl (C=O) groups excluding carboxylic acids is 1. The maximum Gasteiger partial charge on any atom is 0.356 e. The minimum absolute atomic E-state index is 0.0317. The van der Waals surface area contributed by atoms with E-state index in [1.54, 1.807) is 26.0 Å². The number of anilines is 1. The van der Waals surface area contributed by atoms with Crippen LogP contribution >= 0.6 is 0 Å². The molecule has 0 unspecified atom stereocenters. The third kappa shape index (κ3) is 6.03. The Bertz CT molecular complexity index is 1860. The van der Waals surface area contributed by atoms with E-state index in [1.807, 2.05) is 32.0 Å². The SMILES string of the molecule is Cc1ccc(C)c(-n2nc(C(=O)O)c(C)c2Oc2ccc(NC(=O)c3ccc4c(c3)OCO4)cc2S(=O)(=O)NC(C)C)c1. The number of carbonyl (C=O) groups is 2. The number of fused-ring (bicyclic) bond motifs is 1. The first-order valence-corrected chi connectivity index (χ1v) is 14.8. The Kier molecular flexibility index (Phi) is 7.86. The quantitative estimate of drug-likeness (QED) is 0.240. The molecule has 0 bridgehead atoms. The molecule has 2 heterocycles. The summed E-state index contributed by atoms with van der Waals surface area (Å²) in [6.07, 6.45) is 0. The van der Waals surface area contributed by atoms with Crippen molar-refractivity contribution in [2.45, 2.75) is 45.6 Å². The molecule has 1 aliphatic heterocycles. The molecule has 43 heavy (non-hydrogen) atoms. The van der Waals surface area contributed by atoms with E-state index in [1.165, 1.54) is 35.9 Å². The Morgan fingerprint density at radius 1 is 1.00 bits per heavy atom. The van der Waals surface area contributed by atoms with Crippen LogP contribution in [0.2, 0.25) is 0 Å².